The molecule has 7 nitrogen and oxygen atoms in total. The molecule has 2 rings (SSSR count). The molecule has 1 aromatic carbocycles. The number of oxime groups is 1. The number of anilines is 1. The molecule has 8 heteroatoms. The maximum absolute atomic E-state index is 11.9. The number of amides is 1. The van der Waals surface area contributed by atoms with E-state index >= 15 is 0 Å². The molecule has 0 spiro atoms. The second-order valence-electron chi connectivity index (χ2n) is 4.10. The van der Waals surface area contributed by atoms with Gasteiger partial charge >= 0.3 is 0 Å². The summed E-state index contributed by atoms with van der Waals surface area (Å²) in [5, 5.41) is 14.8. The fourth-order valence-corrected chi connectivity index (χ4v) is 2.15. The van der Waals surface area contributed by atoms with Gasteiger partial charge in [-0.15, -0.1) is 11.3 Å². The van der Waals surface area contributed by atoms with Gasteiger partial charge in [0.2, 0.25) is 0 Å². The molecule has 21 heavy (non-hydrogen) atoms. The highest BCUT2D eigenvalue weighted by Gasteiger charge is 2.09. The first-order valence-electron chi connectivity index (χ1n) is 6.01. The number of hydrogen-bond acceptors (Lipinski definition) is 6. The standard InChI is InChI=1S/C13H14N4O3S/c1-8-15-6-11(21-8)13(18)16-9-2-4-10(5-3-9)20-7-12(14)17-19/h2-6,19H,7H2,1H3,(H2,14,17)(H,16,18). The number of hydrogen-bond donors (Lipinski definition) is 3. The van der Waals surface area contributed by atoms with Crippen LogP contribution in [0.15, 0.2) is 35.6 Å². The summed E-state index contributed by atoms with van der Waals surface area (Å²) in [5.41, 5.74) is 5.94. The van der Waals surface area contributed by atoms with Crippen molar-refractivity contribution in [1.29, 1.82) is 0 Å². The number of rotatable bonds is 5. The van der Waals surface area contributed by atoms with Crippen molar-refractivity contribution in [1.82, 2.24) is 4.98 Å². The van der Waals surface area contributed by atoms with E-state index in [4.69, 9.17) is 15.7 Å². The molecular weight excluding hydrogens is 292 g/mol. The van der Waals surface area contributed by atoms with E-state index in [0.717, 1.165) is 5.01 Å². The third-order valence-electron chi connectivity index (χ3n) is 2.47. The van der Waals surface area contributed by atoms with Crippen LogP contribution in [0.25, 0.3) is 0 Å². The van der Waals surface area contributed by atoms with Gasteiger partial charge in [0.25, 0.3) is 5.91 Å². The van der Waals surface area contributed by atoms with Crippen molar-refractivity contribution in [2.45, 2.75) is 6.92 Å². The van der Waals surface area contributed by atoms with Crippen molar-refractivity contribution in [3.05, 3.63) is 40.3 Å². The lowest BCUT2D eigenvalue weighted by molar-refractivity contribution is 0.103. The van der Waals surface area contributed by atoms with Crippen LogP contribution < -0.4 is 15.8 Å². The molecule has 1 heterocycles. The minimum absolute atomic E-state index is 0.0116. The molecule has 1 aromatic heterocycles. The van der Waals surface area contributed by atoms with Crippen molar-refractivity contribution in [2.24, 2.45) is 10.9 Å². The molecule has 0 bridgehead atoms. The molecule has 0 aliphatic carbocycles. The first-order chi connectivity index (χ1) is 10.1. The van der Waals surface area contributed by atoms with Gasteiger partial charge in [0.1, 0.15) is 17.2 Å². The third kappa shape index (κ3) is 4.18. The number of nitrogens with zero attached hydrogens (tertiary/aromatic N) is 2. The van der Waals surface area contributed by atoms with Crippen LogP contribution in [0.5, 0.6) is 5.75 Å². The van der Waals surface area contributed by atoms with Gasteiger partial charge in [0.05, 0.1) is 11.2 Å². The summed E-state index contributed by atoms with van der Waals surface area (Å²) in [7, 11) is 0. The Morgan fingerprint density at radius 2 is 2.19 bits per heavy atom. The van der Waals surface area contributed by atoms with Crippen molar-refractivity contribution in [3.63, 3.8) is 0 Å². The van der Waals surface area contributed by atoms with E-state index in [1.165, 1.54) is 11.3 Å². The molecule has 0 aliphatic rings. The van der Waals surface area contributed by atoms with Gasteiger partial charge in [-0.05, 0) is 31.2 Å². The third-order valence-corrected chi connectivity index (χ3v) is 3.38. The van der Waals surface area contributed by atoms with Crippen LogP contribution in [0.3, 0.4) is 0 Å². The molecular formula is C13H14N4O3S. The highest BCUT2D eigenvalue weighted by Crippen LogP contribution is 2.18. The Morgan fingerprint density at radius 3 is 2.76 bits per heavy atom. The number of aryl methyl sites for hydroxylation is 1. The molecule has 0 aliphatic heterocycles. The summed E-state index contributed by atoms with van der Waals surface area (Å²) in [6, 6.07) is 6.76. The summed E-state index contributed by atoms with van der Waals surface area (Å²) in [5.74, 6) is 0.326. The van der Waals surface area contributed by atoms with E-state index in [0.29, 0.717) is 16.3 Å². The van der Waals surface area contributed by atoms with E-state index in [9.17, 15) is 4.79 Å². The number of nitrogens with two attached hydrogens (primary N) is 1. The van der Waals surface area contributed by atoms with E-state index in [-0.39, 0.29) is 18.3 Å². The Kier molecular flexibility index (Phi) is 4.72. The monoisotopic (exact) mass is 306 g/mol. The average Bonchev–Trinajstić information content (AvgIpc) is 2.93. The molecule has 0 fully saturated rings. The number of aromatic nitrogens is 1. The van der Waals surface area contributed by atoms with Crippen LogP contribution in [0, 0.1) is 6.92 Å². The molecule has 0 atom stereocenters. The minimum Gasteiger partial charge on any atom is -0.486 e. The van der Waals surface area contributed by atoms with Gasteiger partial charge in [0, 0.05) is 5.69 Å². The Labute approximate surface area is 125 Å². The molecule has 4 N–H and O–H groups in total. The topological polar surface area (TPSA) is 110 Å². The Morgan fingerprint density at radius 1 is 1.48 bits per heavy atom. The lowest BCUT2D eigenvalue weighted by Gasteiger charge is -2.07. The molecule has 110 valence electrons. The van der Waals surface area contributed by atoms with Crippen LogP contribution in [-0.4, -0.2) is 28.5 Å². The zero-order valence-corrected chi connectivity index (χ0v) is 12.1. The maximum Gasteiger partial charge on any atom is 0.267 e. The Balaban J connectivity index is 1.94. The molecule has 0 saturated heterocycles. The number of ether oxygens (including phenoxy) is 1. The average molecular weight is 306 g/mol. The predicted molar refractivity (Wildman–Crippen MR) is 80.2 cm³/mol. The number of benzene rings is 1. The normalized spacial score (nSPS) is 11.2. The van der Waals surface area contributed by atoms with Gasteiger partial charge < -0.3 is 21.0 Å². The number of carbonyl (C=O) groups excluding carboxylic acids is 1. The van der Waals surface area contributed by atoms with E-state index in [1.54, 1.807) is 30.5 Å². The Bertz CT molecular complexity index is 652. The lowest BCUT2D eigenvalue weighted by atomic mass is 10.3. The van der Waals surface area contributed by atoms with Gasteiger partial charge in [-0.2, -0.15) is 0 Å². The highest BCUT2D eigenvalue weighted by atomic mass is 32.1. The van der Waals surface area contributed by atoms with Crippen molar-refractivity contribution < 1.29 is 14.7 Å². The number of carbonyl (C=O) groups is 1. The summed E-state index contributed by atoms with van der Waals surface area (Å²) < 4.78 is 5.27. The minimum atomic E-state index is -0.203. The second-order valence-corrected chi connectivity index (χ2v) is 5.34. The van der Waals surface area contributed by atoms with Gasteiger partial charge in [0.15, 0.2) is 5.84 Å². The molecule has 0 unspecified atom stereocenters. The van der Waals surface area contributed by atoms with Gasteiger partial charge in [-0.25, -0.2) is 4.98 Å². The van der Waals surface area contributed by atoms with Crippen LogP contribution in [0.2, 0.25) is 0 Å². The van der Waals surface area contributed by atoms with Crippen LogP contribution >= 0.6 is 11.3 Å². The highest BCUT2D eigenvalue weighted by molar-refractivity contribution is 7.13. The smallest absolute Gasteiger partial charge is 0.267 e. The number of thiazole rings is 1. The molecule has 0 saturated carbocycles. The zero-order valence-electron chi connectivity index (χ0n) is 11.2. The fraction of sp³-hybridized carbons (Fsp3) is 0.154. The van der Waals surface area contributed by atoms with Gasteiger partial charge in [-0.3, -0.25) is 4.79 Å². The summed E-state index contributed by atoms with van der Waals surface area (Å²) in [6.45, 7) is 1.83. The molecule has 1 amide bonds. The van der Waals surface area contributed by atoms with Crippen molar-refractivity contribution in [2.75, 3.05) is 11.9 Å². The van der Waals surface area contributed by atoms with E-state index in [2.05, 4.69) is 15.5 Å². The largest absolute Gasteiger partial charge is 0.486 e. The van der Waals surface area contributed by atoms with Crippen LogP contribution in [0.4, 0.5) is 5.69 Å². The van der Waals surface area contributed by atoms with Crippen molar-refractivity contribution in [3.8, 4) is 5.75 Å². The second kappa shape index (κ2) is 6.71. The zero-order chi connectivity index (χ0) is 15.2. The van der Waals surface area contributed by atoms with E-state index < -0.39 is 0 Å². The SMILES string of the molecule is Cc1ncc(C(=O)Nc2ccc(OC/C(N)=N/O)cc2)s1. The first kappa shape index (κ1) is 14.8. The number of amidine groups is 1. The van der Waals surface area contributed by atoms with E-state index in [1.807, 2.05) is 6.92 Å². The molecule has 0 radical (unpaired) electrons. The molecule has 2 aromatic rings. The quantitative estimate of drug-likeness (QED) is 0.338. The van der Waals surface area contributed by atoms with Gasteiger partial charge in [-0.1, -0.05) is 5.16 Å². The fourth-order valence-electron chi connectivity index (χ4n) is 1.48. The first-order valence-corrected chi connectivity index (χ1v) is 6.83. The van der Waals surface area contributed by atoms with Crippen LogP contribution in [0.1, 0.15) is 14.7 Å². The lowest BCUT2D eigenvalue weighted by Crippen LogP contribution is -2.20. The number of nitrogens with one attached hydrogen (secondary N) is 1. The summed E-state index contributed by atoms with van der Waals surface area (Å²) in [6.07, 6.45) is 1.55. The summed E-state index contributed by atoms with van der Waals surface area (Å²) in [4.78, 5) is 16.5. The van der Waals surface area contributed by atoms with Crippen LogP contribution in [-0.2, 0) is 0 Å². The Hall–Kier alpha value is -2.61. The predicted octanol–water partition coefficient (Wildman–Crippen LogP) is 1.83. The summed E-state index contributed by atoms with van der Waals surface area (Å²) >= 11 is 1.33. The van der Waals surface area contributed by atoms with Crippen molar-refractivity contribution >= 4 is 28.8 Å². The maximum atomic E-state index is 11.9.